The molecular formula is C26H23NO3. The summed E-state index contributed by atoms with van der Waals surface area (Å²) < 4.78 is 11.5. The average Bonchev–Trinajstić information content (AvgIpc) is 2.73. The fourth-order valence-electron chi connectivity index (χ4n) is 3.60. The highest BCUT2D eigenvalue weighted by molar-refractivity contribution is 5.94. The van der Waals surface area contributed by atoms with Crippen LogP contribution in [0.4, 0.5) is 5.69 Å². The summed E-state index contributed by atoms with van der Waals surface area (Å²) in [5.41, 5.74) is 5.31. The fraction of sp³-hybridized carbons (Fsp3) is 0.154. The van der Waals surface area contributed by atoms with Crippen molar-refractivity contribution in [3.05, 3.63) is 88.8 Å². The highest BCUT2D eigenvalue weighted by atomic mass is 16.5. The summed E-state index contributed by atoms with van der Waals surface area (Å²) >= 11 is 0. The van der Waals surface area contributed by atoms with Crippen LogP contribution < -0.4 is 10.1 Å². The maximum absolute atomic E-state index is 11.8. The van der Waals surface area contributed by atoms with Gasteiger partial charge in [-0.15, -0.1) is 0 Å². The first-order chi connectivity index (χ1) is 14.4. The van der Waals surface area contributed by atoms with E-state index in [4.69, 9.17) is 14.1 Å². The Bertz CT molecular complexity index is 1310. The van der Waals surface area contributed by atoms with Crippen LogP contribution in [0, 0.1) is 13.8 Å². The molecule has 0 saturated heterocycles. The number of ether oxygens (including phenoxy) is 1. The third-order valence-electron chi connectivity index (χ3n) is 5.06. The number of methoxy groups -OCH3 is 1. The molecule has 0 aliphatic heterocycles. The predicted molar refractivity (Wildman–Crippen MR) is 119 cm³/mol. The SMILES string of the molecule is COc1ccc(-c2cc(=Nc3cccc(C(C)=O)c3)c3c(C)cc(C)cc3o2)cc1. The standard InChI is InChI=1S/C26H23NO3/c1-16-12-17(2)26-23(27-21-7-5-6-20(14-21)18(3)28)15-24(30-25(26)13-16)19-8-10-22(29-4)11-9-19/h5-15H,1-4H3. The number of hydrogen-bond acceptors (Lipinski definition) is 4. The maximum atomic E-state index is 11.8. The molecule has 0 unspecified atom stereocenters. The van der Waals surface area contributed by atoms with Crippen LogP contribution in [0.3, 0.4) is 0 Å². The van der Waals surface area contributed by atoms with E-state index in [0.717, 1.165) is 50.2 Å². The van der Waals surface area contributed by atoms with Crippen LogP contribution in [0.5, 0.6) is 5.75 Å². The molecule has 4 rings (SSSR count). The Morgan fingerprint density at radius 2 is 1.73 bits per heavy atom. The summed E-state index contributed by atoms with van der Waals surface area (Å²) in [4.78, 5) is 16.7. The molecule has 0 amide bonds. The molecule has 0 saturated carbocycles. The molecule has 150 valence electrons. The topological polar surface area (TPSA) is 51.8 Å². The molecule has 0 aliphatic carbocycles. The zero-order chi connectivity index (χ0) is 21.3. The van der Waals surface area contributed by atoms with Gasteiger partial charge in [-0.1, -0.05) is 18.2 Å². The molecule has 4 heteroatoms. The lowest BCUT2D eigenvalue weighted by molar-refractivity contribution is 0.101. The first-order valence-electron chi connectivity index (χ1n) is 9.80. The summed E-state index contributed by atoms with van der Waals surface area (Å²) in [6.45, 7) is 5.67. The highest BCUT2D eigenvalue weighted by Gasteiger charge is 2.10. The Morgan fingerprint density at radius 3 is 2.43 bits per heavy atom. The molecule has 4 aromatic rings. The number of aryl methyl sites for hydroxylation is 2. The van der Waals surface area contributed by atoms with Crippen LogP contribution in [-0.2, 0) is 0 Å². The van der Waals surface area contributed by atoms with E-state index in [2.05, 4.69) is 19.9 Å². The van der Waals surface area contributed by atoms with Crippen LogP contribution in [0.15, 0.2) is 76.1 Å². The molecule has 0 bridgehead atoms. The van der Waals surface area contributed by atoms with Crippen LogP contribution in [0.2, 0.25) is 0 Å². The largest absolute Gasteiger partial charge is 0.497 e. The van der Waals surface area contributed by atoms with Crippen molar-refractivity contribution in [2.45, 2.75) is 20.8 Å². The number of ketones is 1. The van der Waals surface area contributed by atoms with Crippen LogP contribution in [0.25, 0.3) is 22.3 Å². The number of fused-ring (bicyclic) bond motifs is 1. The van der Waals surface area contributed by atoms with E-state index >= 15 is 0 Å². The van der Waals surface area contributed by atoms with Gasteiger partial charge in [-0.05, 0) is 74.4 Å². The van der Waals surface area contributed by atoms with Crippen molar-refractivity contribution < 1.29 is 13.9 Å². The van der Waals surface area contributed by atoms with E-state index < -0.39 is 0 Å². The van der Waals surface area contributed by atoms with Crippen molar-refractivity contribution in [1.29, 1.82) is 0 Å². The first kappa shape index (κ1) is 19.6. The van der Waals surface area contributed by atoms with Gasteiger partial charge in [0.15, 0.2) is 5.78 Å². The second kappa shape index (κ2) is 7.99. The van der Waals surface area contributed by atoms with E-state index in [1.807, 2.05) is 54.6 Å². The molecule has 0 spiro atoms. The molecule has 1 heterocycles. The minimum atomic E-state index is 0.0192. The Hall–Kier alpha value is -3.66. The monoisotopic (exact) mass is 397 g/mol. The number of carbonyl (C=O) groups is 1. The van der Waals surface area contributed by atoms with Crippen molar-refractivity contribution in [1.82, 2.24) is 0 Å². The van der Waals surface area contributed by atoms with Gasteiger partial charge < -0.3 is 9.15 Å². The van der Waals surface area contributed by atoms with Crippen molar-refractivity contribution in [2.24, 2.45) is 4.99 Å². The van der Waals surface area contributed by atoms with E-state index in [1.54, 1.807) is 20.1 Å². The minimum absolute atomic E-state index is 0.0192. The van der Waals surface area contributed by atoms with Gasteiger partial charge in [-0.3, -0.25) is 4.79 Å². The van der Waals surface area contributed by atoms with Gasteiger partial charge in [0, 0.05) is 22.6 Å². The van der Waals surface area contributed by atoms with Gasteiger partial charge in [-0.25, -0.2) is 4.99 Å². The Kier molecular flexibility index (Phi) is 5.23. The van der Waals surface area contributed by atoms with Crippen molar-refractivity contribution >= 4 is 22.4 Å². The number of Topliss-reactive ketones (excluding diaryl/α,β-unsaturated/α-hetero) is 1. The molecular weight excluding hydrogens is 374 g/mol. The summed E-state index contributed by atoms with van der Waals surface area (Å²) in [5.74, 6) is 1.53. The molecule has 0 N–H and O–H groups in total. The Morgan fingerprint density at radius 1 is 0.967 bits per heavy atom. The maximum Gasteiger partial charge on any atom is 0.159 e. The smallest absolute Gasteiger partial charge is 0.159 e. The third-order valence-corrected chi connectivity index (χ3v) is 5.06. The lowest BCUT2D eigenvalue weighted by Gasteiger charge is -2.09. The van der Waals surface area contributed by atoms with Crippen LogP contribution >= 0.6 is 0 Å². The lowest BCUT2D eigenvalue weighted by Crippen LogP contribution is -2.05. The molecule has 0 atom stereocenters. The molecule has 0 radical (unpaired) electrons. The van der Waals surface area contributed by atoms with E-state index in [0.29, 0.717) is 5.56 Å². The number of benzene rings is 3. The second-order valence-electron chi connectivity index (χ2n) is 7.40. The van der Waals surface area contributed by atoms with Gasteiger partial charge in [0.1, 0.15) is 17.1 Å². The molecule has 0 aliphatic rings. The Balaban J connectivity index is 1.99. The van der Waals surface area contributed by atoms with Gasteiger partial charge >= 0.3 is 0 Å². The summed E-state index contributed by atoms with van der Waals surface area (Å²) in [6, 6.07) is 21.2. The quantitative estimate of drug-likeness (QED) is 0.388. The average molecular weight is 397 g/mol. The highest BCUT2D eigenvalue weighted by Crippen LogP contribution is 2.27. The fourth-order valence-corrected chi connectivity index (χ4v) is 3.60. The van der Waals surface area contributed by atoms with E-state index in [-0.39, 0.29) is 5.78 Å². The lowest BCUT2D eigenvalue weighted by atomic mass is 10.0. The summed E-state index contributed by atoms with van der Waals surface area (Å²) in [6.07, 6.45) is 0. The van der Waals surface area contributed by atoms with Gasteiger partial charge in [-0.2, -0.15) is 0 Å². The van der Waals surface area contributed by atoms with Crippen molar-refractivity contribution in [3.63, 3.8) is 0 Å². The number of rotatable bonds is 4. The van der Waals surface area contributed by atoms with Crippen LogP contribution in [0.1, 0.15) is 28.4 Å². The molecule has 4 nitrogen and oxygen atoms in total. The minimum Gasteiger partial charge on any atom is -0.497 e. The summed E-state index contributed by atoms with van der Waals surface area (Å²) in [5, 5.41) is 1.77. The predicted octanol–water partition coefficient (Wildman–Crippen LogP) is 6.16. The normalized spacial score (nSPS) is 11.7. The third kappa shape index (κ3) is 3.90. The zero-order valence-corrected chi connectivity index (χ0v) is 17.5. The van der Waals surface area contributed by atoms with Gasteiger partial charge in [0.05, 0.1) is 18.2 Å². The zero-order valence-electron chi connectivity index (χ0n) is 17.5. The number of nitrogens with zero attached hydrogens (tertiary/aromatic N) is 1. The van der Waals surface area contributed by atoms with Gasteiger partial charge in [0.25, 0.3) is 0 Å². The molecule has 3 aromatic carbocycles. The molecule has 0 fully saturated rings. The summed E-state index contributed by atoms with van der Waals surface area (Å²) in [7, 11) is 1.65. The molecule has 30 heavy (non-hydrogen) atoms. The Labute approximate surface area is 175 Å². The van der Waals surface area contributed by atoms with Gasteiger partial charge in [0.2, 0.25) is 0 Å². The second-order valence-corrected chi connectivity index (χ2v) is 7.40. The number of hydrogen-bond donors (Lipinski definition) is 0. The van der Waals surface area contributed by atoms with Crippen LogP contribution in [-0.4, -0.2) is 12.9 Å². The van der Waals surface area contributed by atoms with Crippen molar-refractivity contribution in [2.75, 3.05) is 7.11 Å². The number of carbonyl (C=O) groups excluding carboxylic acids is 1. The first-order valence-corrected chi connectivity index (χ1v) is 9.80. The molecule has 1 aromatic heterocycles. The van der Waals surface area contributed by atoms with Crippen molar-refractivity contribution in [3.8, 4) is 17.1 Å². The van der Waals surface area contributed by atoms with E-state index in [9.17, 15) is 4.79 Å². The van der Waals surface area contributed by atoms with E-state index in [1.165, 1.54) is 0 Å².